The minimum Gasteiger partial charge on any atom is -0.296 e. The number of rotatable bonds is 3. The summed E-state index contributed by atoms with van der Waals surface area (Å²) >= 11 is 1.60. The lowest BCUT2D eigenvalue weighted by molar-refractivity contribution is 0.672. The van der Waals surface area contributed by atoms with Crippen LogP contribution in [0.25, 0.3) is 0 Å². The molecule has 6 heteroatoms. The van der Waals surface area contributed by atoms with Gasteiger partial charge in [-0.1, -0.05) is 0 Å². The summed E-state index contributed by atoms with van der Waals surface area (Å²) < 4.78 is 1.41. The van der Waals surface area contributed by atoms with Crippen LogP contribution >= 0.6 is 11.8 Å². The van der Waals surface area contributed by atoms with Gasteiger partial charge >= 0.3 is 5.69 Å². The van der Waals surface area contributed by atoms with Crippen molar-refractivity contribution in [3.63, 3.8) is 0 Å². The van der Waals surface area contributed by atoms with Crippen molar-refractivity contribution in [2.45, 2.75) is 13.5 Å². The SMILES string of the molecule is CSCCn1c(C)c(C#N)c(=O)[nH]c1=O. The van der Waals surface area contributed by atoms with Gasteiger partial charge in [0.15, 0.2) is 0 Å². The zero-order valence-corrected chi connectivity index (χ0v) is 9.35. The number of aromatic nitrogens is 2. The zero-order valence-electron chi connectivity index (χ0n) is 8.53. The molecule has 1 aromatic heterocycles. The maximum Gasteiger partial charge on any atom is 0.328 e. The van der Waals surface area contributed by atoms with E-state index in [2.05, 4.69) is 4.98 Å². The van der Waals surface area contributed by atoms with Gasteiger partial charge in [-0.25, -0.2) is 4.79 Å². The summed E-state index contributed by atoms with van der Waals surface area (Å²) in [6.07, 6.45) is 1.93. The first-order valence-electron chi connectivity index (χ1n) is 4.34. The van der Waals surface area contributed by atoms with Crippen molar-refractivity contribution in [3.8, 4) is 6.07 Å². The van der Waals surface area contributed by atoms with Crippen LogP contribution in [0.2, 0.25) is 0 Å². The molecule has 0 aliphatic heterocycles. The third-order valence-corrected chi connectivity index (χ3v) is 2.68. The number of thioether (sulfide) groups is 1. The van der Waals surface area contributed by atoms with Crippen LogP contribution in [0, 0.1) is 18.3 Å². The Morgan fingerprint density at radius 3 is 2.73 bits per heavy atom. The van der Waals surface area contributed by atoms with Gasteiger partial charge in [-0.15, -0.1) is 0 Å². The minimum atomic E-state index is -0.611. The molecule has 0 atom stereocenters. The fourth-order valence-corrected chi connectivity index (χ4v) is 1.63. The van der Waals surface area contributed by atoms with Crippen molar-refractivity contribution in [1.82, 2.24) is 9.55 Å². The number of hydrogen-bond acceptors (Lipinski definition) is 4. The predicted molar refractivity (Wildman–Crippen MR) is 59.2 cm³/mol. The van der Waals surface area contributed by atoms with Gasteiger partial charge in [0.05, 0.1) is 0 Å². The van der Waals surface area contributed by atoms with E-state index in [1.165, 1.54) is 4.57 Å². The van der Waals surface area contributed by atoms with E-state index in [1.54, 1.807) is 24.8 Å². The molecule has 0 saturated carbocycles. The first-order chi connectivity index (χ1) is 7.11. The molecular weight excluding hydrogens is 214 g/mol. The third-order valence-electron chi connectivity index (χ3n) is 2.09. The summed E-state index contributed by atoms with van der Waals surface area (Å²) in [5.41, 5.74) is -0.623. The molecule has 0 aliphatic carbocycles. The number of nitrogens with one attached hydrogen (secondary N) is 1. The molecule has 0 amide bonds. The summed E-state index contributed by atoms with van der Waals surface area (Å²) in [7, 11) is 0. The fraction of sp³-hybridized carbons (Fsp3) is 0.444. The normalized spacial score (nSPS) is 9.93. The highest BCUT2D eigenvalue weighted by Crippen LogP contribution is 2.00. The van der Waals surface area contributed by atoms with E-state index in [-0.39, 0.29) is 5.56 Å². The molecule has 1 rings (SSSR count). The molecule has 1 heterocycles. The quantitative estimate of drug-likeness (QED) is 0.790. The lowest BCUT2D eigenvalue weighted by atomic mass is 10.2. The van der Waals surface area contributed by atoms with Gasteiger partial charge in [0.2, 0.25) is 0 Å². The average molecular weight is 225 g/mol. The number of hydrogen-bond donors (Lipinski definition) is 1. The van der Waals surface area contributed by atoms with E-state index in [9.17, 15) is 9.59 Å². The second-order valence-corrected chi connectivity index (χ2v) is 3.96. The molecule has 0 fully saturated rings. The highest BCUT2D eigenvalue weighted by Gasteiger charge is 2.09. The van der Waals surface area contributed by atoms with Gasteiger partial charge in [0, 0.05) is 18.0 Å². The van der Waals surface area contributed by atoms with E-state index < -0.39 is 11.2 Å². The van der Waals surface area contributed by atoms with Crippen LogP contribution in [-0.4, -0.2) is 21.6 Å². The van der Waals surface area contributed by atoms with Crippen molar-refractivity contribution in [1.29, 1.82) is 5.26 Å². The molecule has 0 radical (unpaired) electrons. The number of aromatic amines is 1. The number of nitriles is 1. The number of H-pyrrole nitrogens is 1. The summed E-state index contributed by atoms with van der Waals surface area (Å²) in [5, 5.41) is 8.75. The van der Waals surface area contributed by atoms with Crippen LogP contribution in [-0.2, 0) is 6.54 Å². The van der Waals surface area contributed by atoms with E-state index in [4.69, 9.17) is 5.26 Å². The van der Waals surface area contributed by atoms with Gasteiger partial charge in [0.25, 0.3) is 5.56 Å². The molecule has 80 valence electrons. The zero-order chi connectivity index (χ0) is 11.4. The molecule has 0 aliphatic rings. The Kier molecular flexibility index (Phi) is 3.74. The van der Waals surface area contributed by atoms with Crippen molar-refractivity contribution >= 4 is 11.8 Å². The average Bonchev–Trinajstić information content (AvgIpc) is 2.17. The fourth-order valence-electron chi connectivity index (χ4n) is 1.26. The Hall–Kier alpha value is -1.48. The molecule has 1 aromatic rings. The van der Waals surface area contributed by atoms with Crippen LogP contribution in [0.15, 0.2) is 9.59 Å². The Labute approximate surface area is 90.7 Å². The lowest BCUT2D eigenvalue weighted by Gasteiger charge is -2.08. The van der Waals surface area contributed by atoms with Crippen LogP contribution < -0.4 is 11.2 Å². The second kappa shape index (κ2) is 4.84. The smallest absolute Gasteiger partial charge is 0.296 e. The molecule has 0 saturated heterocycles. The second-order valence-electron chi connectivity index (χ2n) is 2.98. The standard InChI is InChI=1S/C9H11N3O2S/c1-6-7(5-10)8(13)11-9(14)12(6)3-4-15-2/h3-4H2,1-2H3,(H,11,13,14). The highest BCUT2D eigenvalue weighted by molar-refractivity contribution is 7.98. The van der Waals surface area contributed by atoms with Crippen molar-refractivity contribution in [3.05, 3.63) is 32.1 Å². The first kappa shape index (κ1) is 11.6. The summed E-state index contributed by atoms with van der Waals surface area (Å²) in [5.74, 6) is 0.762. The van der Waals surface area contributed by atoms with E-state index >= 15 is 0 Å². The molecule has 1 N–H and O–H groups in total. The maximum absolute atomic E-state index is 11.4. The monoisotopic (exact) mass is 225 g/mol. The molecule has 0 spiro atoms. The topological polar surface area (TPSA) is 78.7 Å². The van der Waals surface area contributed by atoms with Crippen LogP contribution in [0.1, 0.15) is 11.3 Å². The van der Waals surface area contributed by atoms with Crippen molar-refractivity contribution in [2.75, 3.05) is 12.0 Å². The van der Waals surface area contributed by atoms with Gasteiger partial charge in [-0.05, 0) is 13.2 Å². The molecule has 0 bridgehead atoms. The summed E-state index contributed by atoms with van der Waals surface area (Å²) in [6, 6.07) is 1.80. The van der Waals surface area contributed by atoms with Crippen LogP contribution in [0.5, 0.6) is 0 Å². The number of nitrogens with zero attached hydrogens (tertiary/aromatic N) is 2. The highest BCUT2D eigenvalue weighted by atomic mass is 32.2. The first-order valence-corrected chi connectivity index (χ1v) is 5.74. The molecular formula is C9H11N3O2S. The maximum atomic E-state index is 11.4. The van der Waals surface area contributed by atoms with Gasteiger partial charge in [0.1, 0.15) is 11.6 Å². The predicted octanol–water partition coefficient (Wildman–Crippen LogP) is 0.0797. The van der Waals surface area contributed by atoms with Gasteiger partial charge in [-0.2, -0.15) is 17.0 Å². The van der Waals surface area contributed by atoms with E-state index in [0.29, 0.717) is 12.2 Å². The molecule has 0 unspecified atom stereocenters. The Bertz CT molecular complexity index is 510. The Morgan fingerprint density at radius 2 is 2.20 bits per heavy atom. The Morgan fingerprint density at radius 1 is 1.53 bits per heavy atom. The molecule has 15 heavy (non-hydrogen) atoms. The summed E-state index contributed by atoms with van der Waals surface area (Å²) in [6.45, 7) is 2.10. The largest absolute Gasteiger partial charge is 0.328 e. The van der Waals surface area contributed by atoms with E-state index in [0.717, 1.165) is 5.75 Å². The Balaban J connectivity index is 3.35. The van der Waals surface area contributed by atoms with Crippen molar-refractivity contribution < 1.29 is 0 Å². The minimum absolute atomic E-state index is 0.00991. The van der Waals surface area contributed by atoms with Gasteiger partial charge < -0.3 is 0 Å². The molecule has 5 nitrogen and oxygen atoms in total. The summed E-state index contributed by atoms with van der Waals surface area (Å²) in [4.78, 5) is 24.8. The van der Waals surface area contributed by atoms with Gasteiger partial charge in [-0.3, -0.25) is 14.3 Å². The molecule has 0 aromatic carbocycles. The lowest BCUT2D eigenvalue weighted by Crippen LogP contribution is -2.34. The third kappa shape index (κ3) is 2.30. The van der Waals surface area contributed by atoms with Crippen LogP contribution in [0.3, 0.4) is 0 Å². The van der Waals surface area contributed by atoms with Crippen molar-refractivity contribution in [2.24, 2.45) is 0 Å². The van der Waals surface area contributed by atoms with Crippen LogP contribution in [0.4, 0.5) is 0 Å². The van der Waals surface area contributed by atoms with E-state index in [1.807, 2.05) is 6.26 Å².